The molecule has 0 saturated carbocycles. The van der Waals surface area contributed by atoms with Crippen molar-refractivity contribution in [2.45, 2.75) is 32.2 Å². The number of carbonyl (C=O) groups excluding carboxylic acids is 1. The summed E-state index contributed by atoms with van der Waals surface area (Å²) in [6.07, 6.45) is 1.53. The molecule has 0 bridgehead atoms. The smallest absolute Gasteiger partial charge is 0.221 e. The maximum Gasteiger partial charge on any atom is 0.221 e. The van der Waals surface area contributed by atoms with Crippen molar-refractivity contribution in [3.8, 4) is 11.8 Å². The summed E-state index contributed by atoms with van der Waals surface area (Å²) < 4.78 is 5.47. The maximum atomic E-state index is 11.5. The van der Waals surface area contributed by atoms with E-state index < -0.39 is 6.04 Å². The molecule has 0 fully saturated rings. The Morgan fingerprint density at radius 2 is 2.26 bits per heavy atom. The maximum absolute atomic E-state index is 11.5. The molecule has 0 heterocycles. The molecule has 1 N–H and O–H groups in total. The number of nitrogens with one attached hydrogen (secondary N) is 1. The van der Waals surface area contributed by atoms with E-state index in [1.165, 1.54) is 0 Å². The summed E-state index contributed by atoms with van der Waals surface area (Å²) in [5.74, 6) is 0.490. The van der Waals surface area contributed by atoms with Gasteiger partial charge in [0.1, 0.15) is 11.8 Å². The highest BCUT2D eigenvalue weighted by Gasteiger charge is 2.08. The van der Waals surface area contributed by atoms with Crippen LogP contribution in [0.5, 0.6) is 5.75 Å². The van der Waals surface area contributed by atoms with E-state index in [1.807, 2.05) is 25.1 Å². The van der Waals surface area contributed by atoms with Crippen LogP contribution in [0.15, 0.2) is 24.3 Å². The number of amides is 1. The average Bonchev–Trinajstić information content (AvgIpc) is 2.42. The van der Waals surface area contributed by atoms with Crippen LogP contribution < -0.4 is 10.1 Å². The Hall–Kier alpha value is -1.73. The van der Waals surface area contributed by atoms with E-state index in [-0.39, 0.29) is 5.91 Å². The lowest BCUT2D eigenvalue weighted by Gasteiger charge is -2.10. The Morgan fingerprint density at radius 1 is 1.53 bits per heavy atom. The molecule has 1 aromatic rings. The highest BCUT2D eigenvalue weighted by molar-refractivity contribution is 6.32. The first-order chi connectivity index (χ1) is 9.17. The van der Waals surface area contributed by atoms with Crippen molar-refractivity contribution in [3.63, 3.8) is 0 Å². The number of hydrogen-bond donors (Lipinski definition) is 1. The predicted octanol–water partition coefficient (Wildman–Crippen LogP) is 2.92. The van der Waals surface area contributed by atoms with Gasteiger partial charge in [-0.25, -0.2) is 0 Å². The SMILES string of the molecule is CC[C@@H](C#N)NC(=O)CCCOc1ccccc1Cl. The molecule has 1 aromatic carbocycles. The molecule has 1 atom stereocenters. The summed E-state index contributed by atoms with van der Waals surface area (Å²) in [4.78, 5) is 11.5. The van der Waals surface area contributed by atoms with E-state index in [2.05, 4.69) is 5.32 Å². The summed E-state index contributed by atoms with van der Waals surface area (Å²) in [6, 6.07) is 8.82. The molecule has 0 saturated heterocycles. The zero-order valence-electron chi connectivity index (χ0n) is 10.9. The van der Waals surface area contributed by atoms with Crippen molar-refractivity contribution in [3.05, 3.63) is 29.3 Å². The van der Waals surface area contributed by atoms with Gasteiger partial charge in [0.2, 0.25) is 5.91 Å². The fourth-order valence-corrected chi connectivity index (χ4v) is 1.66. The molecule has 4 nitrogen and oxygen atoms in total. The lowest BCUT2D eigenvalue weighted by atomic mass is 10.2. The third-order valence-corrected chi connectivity index (χ3v) is 2.85. The van der Waals surface area contributed by atoms with Gasteiger partial charge in [-0.3, -0.25) is 4.79 Å². The fourth-order valence-electron chi connectivity index (χ4n) is 1.47. The normalized spacial score (nSPS) is 11.4. The van der Waals surface area contributed by atoms with Gasteiger partial charge in [-0.1, -0.05) is 30.7 Å². The molecular formula is C14H17ClN2O2. The van der Waals surface area contributed by atoms with E-state index >= 15 is 0 Å². The van der Waals surface area contributed by atoms with Gasteiger partial charge >= 0.3 is 0 Å². The van der Waals surface area contributed by atoms with Gasteiger partial charge in [0.25, 0.3) is 0 Å². The van der Waals surface area contributed by atoms with Crippen molar-refractivity contribution in [1.29, 1.82) is 5.26 Å². The topological polar surface area (TPSA) is 62.1 Å². The number of hydrogen-bond acceptors (Lipinski definition) is 3. The number of ether oxygens (including phenoxy) is 1. The van der Waals surface area contributed by atoms with Crippen LogP contribution in [0.25, 0.3) is 0 Å². The summed E-state index contributed by atoms with van der Waals surface area (Å²) in [7, 11) is 0. The van der Waals surface area contributed by atoms with Crippen molar-refractivity contribution in [2.75, 3.05) is 6.61 Å². The summed E-state index contributed by atoms with van der Waals surface area (Å²) >= 11 is 5.93. The number of rotatable bonds is 7. The van der Waals surface area contributed by atoms with Gasteiger partial charge < -0.3 is 10.1 Å². The molecular weight excluding hydrogens is 264 g/mol. The number of carbonyl (C=O) groups is 1. The lowest BCUT2D eigenvalue weighted by Crippen LogP contribution is -2.33. The fraction of sp³-hybridized carbons (Fsp3) is 0.429. The number of halogens is 1. The summed E-state index contributed by atoms with van der Waals surface area (Å²) in [6.45, 7) is 2.27. The van der Waals surface area contributed by atoms with Crippen LogP contribution in [-0.4, -0.2) is 18.6 Å². The van der Waals surface area contributed by atoms with Gasteiger partial charge in [0.05, 0.1) is 17.7 Å². The number of nitrogens with zero attached hydrogens (tertiary/aromatic N) is 1. The molecule has 0 aliphatic heterocycles. The third-order valence-electron chi connectivity index (χ3n) is 2.54. The molecule has 0 spiro atoms. The summed E-state index contributed by atoms with van der Waals surface area (Å²) in [5, 5.41) is 11.9. The minimum Gasteiger partial charge on any atom is -0.492 e. The van der Waals surface area contributed by atoms with E-state index in [9.17, 15) is 4.79 Å². The predicted molar refractivity (Wildman–Crippen MR) is 74.0 cm³/mol. The Morgan fingerprint density at radius 3 is 2.89 bits per heavy atom. The van der Waals surface area contributed by atoms with Crippen LogP contribution in [0.3, 0.4) is 0 Å². The quantitative estimate of drug-likeness (QED) is 0.781. The molecule has 1 rings (SSSR count). The molecule has 5 heteroatoms. The van der Waals surface area contributed by atoms with E-state index in [0.717, 1.165) is 0 Å². The first-order valence-corrected chi connectivity index (χ1v) is 6.61. The Bertz CT molecular complexity index is 457. The molecule has 0 aliphatic rings. The van der Waals surface area contributed by atoms with Crippen LogP contribution in [0, 0.1) is 11.3 Å². The van der Waals surface area contributed by atoms with Crippen molar-refractivity contribution < 1.29 is 9.53 Å². The van der Waals surface area contributed by atoms with Gasteiger partial charge in [-0.15, -0.1) is 0 Å². The van der Waals surface area contributed by atoms with Gasteiger partial charge in [0.15, 0.2) is 0 Å². The number of para-hydroxylation sites is 1. The highest BCUT2D eigenvalue weighted by atomic mass is 35.5. The minimum absolute atomic E-state index is 0.129. The monoisotopic (exact) mass is 280 g/mol. The van der Waals surface area contributed by atoms with Crippen molar-refractivity contribution in [1.82, 2.24) is 5.32 Å². The zero-order valence-corrected chi connectivity index (χ0v) is 11.6. The first kappa shape index (κ1) is 15.3. The van der Waals surface area contributed by atoms with E-state index in [0.29, 0.717) is 36.6 Å². The number of benzene rings is 1. The Balaban J connectivity index is 2.23. The van der Waals surface area contributed by atoms with Gasteiger partial charge in [-0.05, 0) is 25.0 Å². The molecule has 0 aromatic heterocycles. The molecule has 0 aliphatic carbocycles. The van der Waals surface area contributed by atoms with Crippen molar-refractivity contribution >= 4 is 17.5 Å². The van der Waals surface area contributed by atoms with Crippen LogP contribution in [0.2, 0.25) is 5.02 Å². The third kappa shape index (κ3) is 5.62. The second kappa shape index (κ2) is 8.39. The minimum atomic E-state index is -0.406. The van der Waals surface area contributed by atoms with E-state index in [4.69, 9.17) is 21.6 Å². The second-order valence-corrected chi connectivity index (χ2v) is 4.45. The second-order valence-electron chi connectivity index (χ2n) is 4.04. The standard InChI is InChI=1S/C14H17ClN2O2/c1-2-11(10-16)17-14(18)8-5-9-19-13-7-4-3-6-12(13)15/h3-4,6-7,11H,2,5,8-9H2,1H3,(H,17,18)/t11-/m0/s1. The van der Waals surface area contributed by atoms with Crippen LogP contribution in [0.4, 0.5) is 0 Å². The van der Waals surface area contributed by atoms with Crippen LogP contribution >= 0.6 is 11.6 Å². The lowest BCUT2D eigenvalue weighted by molar-refractivity contribution is -0.121. The molecule has 0 unspecified atom stereocenters. The zero-order chi connectivity index (χ0) is 14.1. The first-order valence-electron chi connectivity index (χ1n) is 6.23. The summed E-state index contributed by atoms with van der Waals surface area (Å²) in [5.41, 5.74) is 0. The van der Waals surface area contributed by atoms with Crippen LogP contribution in [-0.2, 0) is 4.79 Å². The Kier molecular flexibility index (Phi) is 6.76. The van der Waals surface area contributed by atoms with Crippen LogP contribution in [0.1, 0.15) is 26.2 Å². The molecule has 1 amide bonds. The molecule has 0 radical (unpaired) electrons. The largest absolute Gasteiger partial charge is 0.492 e. The molecule has 102 valence electrons. The molecule has 19 heavy (non-hydrogen) atoms. The van der Waals surface area contributed by atoms with Gasteiger partial charge in [0, 0.05) is 6.42 Å². The van der Waals surface area contributed by atoms with Gasteiger partial charge in [-0.2, -0.15) is 5.26 Å². The number of nitriles is 1. The average molecular weight is 281 g/mol. The van der Waals surface area contributed by atoms with Crippen molar-refractivity contribution in [2.24, 2.45) is 0 Å². The Labute approximate surface area is 118 Å². The van der Waals surface area contributed by atoms with E-state index in [1.54, 1.807) is 12.1 Å². The highest BCUT2D eigenvalue weighted by Crippen LogP contribution is 2.23.